The van der Waals surface area contributed by atoms with Crippen molar-refractivity contribution in [2.45, 2.75) is 20.4 Å². The number of hydrogen-bond donors (Lipinski definition) is 2. The topological polar surface area (TPSA) is 71.1 Å². The first kappa shape index (κ1) is 15.3. The van der Waals surface area contributed by atoms with Gasteiger partial charge in [0, 0.05) is 13.1 Å². The van der Waals surface area contributed by atoms with E-state index in [1.54, 1.807) is 7.11 Å². The normalized spacial score (nSPS) is 12.2. The number of oxime groups is 1. The van der Waals surface area contributed by atoms with Gasteiger partial charge in [-0.2, -0.15) is 0 Å². The van der Waals surface area contributed by atoms with Crippen molar-refractivity contribution in [2.75, 3.05) is 20.7 Å². The van der Waals surface area contributed by atoms with Crippen LogP contribution >= 0.6 is 0 Å². The Morgan fingerprint density at radius 1 is 1.47 bits per heavy atom. The fourth-order valence-corrected chi connectivity index (χ4v) is 2.10. The SMILES string of the molecule is COc1cc(CN(C)CC(C)C)ccc1/C(N)=N/O. The van der Waals surface area contributed by atoms with Crippen LogP contribution in [0.3, 0.4) is 0 Å². The van der Waals surface area contributed by atoms with E-state index in [9.17, 15) is 0 Å². The van der Waals surface area contributed by atoms with E-state index in [2.05, 4.69) is 31.0 Å². The van der Waals surface area contributed by atoms with Gasteiger partial charge in [0.2, 0.25) is 0 Å². The van der Waals surface area contributed by atoms with Crippen molar-refractivity contribution in [3.05, 3.63) is 29.3 Å². The van der Waals surface area contributed by atoms with Crippen molar-refractivity contribution < 1.29 is 9.94 Å². The zero-order valence-corrected chi connectivity index (χ0v) is 12.1. The summed E-state index contributed by atoms with van der Waals surface area (Å²) in [5.41, 5.74) is 7.33. The van der Waals surface area contributed by atoms with Crippen LogP contribution in [0, 0.1) is 5.92 Å². The third kappa shape index (κ3) is 4.44. The number of benzene rings is 1. The monoisotopic (exact) mass is 265 g/mol. The molecule has 19 heavy (non-hydrogen) atoms. The summed E-state index contributed by atoms with van der Waals surface area (Å²) in [4.78, 5) is 2.25. The molecule has 0 aliphatic rings. The summed E-state index contributed by atoms with van der Waals surface area (Å²) in [6.45, 7) is 6.26. The second-order valence-electron chi connectivity index (χ2n) is 5.11. The summed E-state index contributed by atoms with van der Waals surface area (Å²) >= 11 is 0. The van der Waals surface area contributed by atoms with Crippen LogP contribution in [0.4, 0.5) is 0 Å². The number of rotatable bonds is 6. The largest absolute Gasteiger partial charge is 0.496 e. The lowest BCUT2D eigenvalue weighted by molar-refractivity contribution is 0.288. The Balaban J connectivity index is 2.88. The van der Waals surface area contributed by atoms with Crippen molar-refractivity contribution in [1.82, 2.24) is 4.90 Å². The average Bonchev–Trinajstić information content (AvgIpc) is 2.36. The molecule has 0 bridgehead atoms. The molecule has 0 atom stereocenters. The fraction of sp³-hybridized carbons (Fsp3) is 0.500. The molecule has 5 nitrogen and oxygen atoms in total. The number of hydrogen-bond acceptors (Lipinski definition) is 4. The van der Waals surface area contributed by atoms with E-state index < -0.39 is 0 Å². The molecule has 0 unspecified atom stereocenters. The van der Waals surface area contributed by atoms with Crippen molar-refractivity contribution >= 4 is 5.84 Å². The number of methoxy groups -OCH3 is 1. The van der Waals surface area contributed by atoms with Crippen molar-refractivity contribution in [3.8, 4) is 5.75 Å². The van der Waals surface area contributed by atoms with Gasteiger partial charge in [0.1, 0.15) is 5.75 Å². The van der Waals surface area contributed by atoms with Crippen LogP contribution in [0.1, 0.15) is 25.0 Å². The summed E-state index contributed by atoms with van der Waals surface area (Å²) in [7, 11) is 3.66. The molecule has 5 heteroatoms. The maximum atomic E-state index is 8.72. The molecule has 0 radical (unpaired) electrons. The van der Waals surface area contributed by atoms with Gasteiger partial charge in [-0.3, -0.25) is 0 Å². The first-order valence-corrected chi connectivity index (χ1v) is 6.31. The minimum atomic E-state index is 0.0546. The summed E-state index contributed by atoms with van der Waals surface area (Å²) in [5, 5.41) is 11.7. The first-order valence-electron chi connectivity index (χ1n) is 6.31. The van der Waals surface area contributed by atoms with Gasteiger partial charge < -0.3 is 20.6 Å². The summed E-state index contributed by atoms with van der Waals surface area (Å²) in [6.07, 6.45) is 0. The fourth-order valence-electron chi connectivity index (χ4n) is 2.10. The lowest BCUT2D eigenvalue weighted by Crippen LogP contribution is -2.23. The van der Waals surface area contributed by atoms with Gasteiger partial charge >= 0.3 is 0 Å². The van der Waals surface area contributed by atoms with Gasteiger partial charge in [-0.05, 0) is 30.7 Å². The molecule has 0 saturated heterocycles. The minimum absolute atomic E-state index is 0.0546. The molecule has 106 valence electrons. The van der Waals surface area contributed by atoms with Gasteiger partial charge in [-0.15, -0.1) is 0 Å². The average molecular weight is 265 g/mol. The van der Waals surface area contributed by atoms with Crippen molar-refractivity contribution in [3.63, 3.8) is 0 Å². The third-order valence-corrected chi connectivity index (χ3v) is 2.78. The highest BCUT2D eigenvalue weighted by molar-refractivity contribution is 5.99. The number of ether oxygens (including phenoxy) is 1. The highest BCUT2D eigenvalue weighted by Gasteiger charge is 2.10. The minimum Gasteiger partial charge on any atom is -0.496 e. The molecule has 0 saturated carbocycles. The van der Waals surface area contributed by atoms with Crippen molar-refractivity contribution in [1.29, 1.82) is 0 Å². The summed E-state index contributed by atoms with van der Waals surface area (Å²) < 4.78 is 5.28. The predicted octanol–water partition coefficient (Wildman–Crippen LogP) is 1.88. The van der Waals surface area contributed by atoms with Gasteiger partial charge in [0.15, 0.2) is 5.84 Å². The van der Waals surface area contributed by atoms with Crippen LogP contribution in [-0.2, 0) is 6.54 Å². The molecule has 3 N–H and O–H groups in total. The molecule has 0 fully saturated rings. The molecule has 1 rings (SSSR count). The van der Waals surface area contributed by atoms with E-state index in [-0.39, 0.29) is 5.84 Å². The molecular weight excluding hydrogens is 242 g/mol. The second-order valence-corrected chi connectivity index (χ2v) is 5.11. The van der Waals surface area contributed by atoms with Crippen LogP contribution < -0.4 is 10.5 Å². The molecular formula is C14H23N3O2. The Labute approximate surface area is 114 Å². The van der Waals surface area contributed by atoms with Crippen LogP contribution in [0.5, 0.6) is 5.75 Å². The predicted molar refractivity (Wildman–Crippen MR) is 76.7 cm³/mol. The van der Waals surface area contributed by atoms with Crippen LogP contribution in [0.25, 0.3) is 0 Å². The first-order chi connectivity index (χ1) is 8.97. The van der Waals surface area contributed by atoms with Crippen LogP contribution in [0.15, 0.2) is 23.4 Å². The van der Waals surface area contributed by atoms with Crippen molar-refractivity contribution in [2.24, 2.45) is 16.8 Å². The Morgan fingerprint density at radius 2 is 2.16 bits per heavy atom. The lowest BCUT2D eigenvalue weighted by Gasteiger charge is -2.19. The standard InChI is InChI=1S/C14H23N3O2/c1-10(2)8-17(3)9-11-5-6-12(14(15)16-18)13(7-11)19-4/h5-7,10,18H,8-9H2,1-4H3,(H2,15,16). The van der Waals surface area contributed by atoms with E-state index in [1.165, 1.54) is 0 Å². The highest BCUT2D eigenvalue weighted by atomic mass is 16.5. The second kappa shape index (κ2) is 6.99. The molecule has 0 spiro atoms. The summed E-state index contributed by atoms with van der Waals surface area (Å²) in [6, 6.07) is 5.70. The Morgan fingerprint density at radius 3 is 2.68 bits per heavy atom. The maximum absolute atomic E-state index is 8.72. The zero-order valence-electron chi connectivity index (χ0n) is 12.1. The third-order valence-electron chi connectivity index (χ3n) is 2.78. The Bertz CT molecular complexity index is 444. The molecule has 0 aliphatic carbocycles. The van der Waals surface area contributed by atoms with Crippen LogP contribution in [-0.4, -0.2) is 36.6 Å². The number of amidine groups is 1. The van der Waals surface area contributed by atoms with Crippen LogP contribution in [0.2, 0.25) is 0 Å². The van der Waals surface area contributed by atoms with Gasteiger partial charge in [0.05, 0.1) is 12.7 Å². The highest BCUT2D eigenvalue weighted by Crippen LogP contribution is 2.21. The molecule has 1 aromatic rings. The summed E-state index contributed by atoms with van der Waals surface area (Å²) in [5.74, 6) is 1.30. The molecule has 0 aliphatic heterocycles. The van der Waals surface area contributed by atoms with E-state index in [0.29, 0.717) is 17.2 Å². The quantitative estimate of drug-likeness (QED) is 0.356. The number of nitrogens with two attached hydrogens (primary N) is 1. The molecule has 0 aromatic heterocycles. The lowest BCUT2D eigenvalue weighted by atomic mass is 10.1. The van der Waals surface area contributed by atoms with Gasteiger partial charge in [-0.25, -0.2) is 0 Å². The van der Waals surface area contributed by atoms with Gasteiger partial charge in [0.25, 0.3) is 0 Å². The maximum Gasteiger partial charge on any atom is 0.173 e. The van der Waals surface area contributed by atoms with E-state index in [4.69, 9.17) is 15.7 Å². The van der Waals surface area contributed by atoms with E-state index >= 15 is 0 Å². The Kier molecular flexibility index (Phi) is 5.63. The van der Waals surface area contributed by atoms with E-state index in [1.807, 2.05) is 18.2 Å². The molecule has 1 aromatic carbocycles. The molecule has 0 heterocycles. The van der Waals surface area contributed by atoms with Gasteiger partial charge in [-0.1, -0.05) is 25.1 Å². The molecule has 0 amide bonds. The smallest absolute Gasteiger partial charge is 0.173 e. The zero-order chi connectivity index (χ0) is 14.4. The van der Waals surface area contributed by atoms with E-state index in [0.717, 1.165) is 18.7 Å². The number of nitrogens with zero attached hydrogens (tertiary/aromatic N) is 2. The Hall–Kier alpha value is -1.75.